The van der Waals surface area contributed by atoms with Crippen LogP contribution in [0.5, 0.6) is 0 Å². The molecule has 1 aliphatic carbocycles. The minimum Gasteiger partial charge on any atom is -0.361 e. The SMILES string of the molecule is CN1CC(CN2CC(=O)NC2=O)CC2c3cccc4[nH]cc(c34)CC21. The number of nitrogens with zero attached hydrogens (tertiary/aromatic N) is 2. The van der Waals surface area contributed by atoms with Crippen LogP contribution in [0.3, 0.4) is 0 Å². The highest BCUT2D eigenvalue weighted by Gasteiger charge is 2.40. The van der Waals surface area contributed by atoms with Gasteiger partial charge in [0.1, 0.15) is 6.54 Å². The fourth-order valence-electron chi connectivity index (χ4n) is 5.13. The molecule has 0 radical (unpaired) electrons. The third-order valence-electron chi connectivity index (χ3n) is 6.16. The number of imide groups is 1. The summed E-state index contributed by atoms with van der Waals surface area (Å²) in [5.41, 5.74) is 4.07. The number of rotatable bonds is 2. The van der Waals surface area contributed by atoms with E-state index in [2.05, 4.69) is 46.6 Å². The minimum absolute atomic E-state index is 0.188. The van der Waals surface area contributed by atoms with Gasteiger partial charge in [-0.15, -0.1) is 0 Å². The van der Waals surface area contributed by atoms with Crippen molar-refractivity contribution in [2.75, 3.05) is 26.7 Å². The highest BCUT2D eigenvalue weighted by atomic mass is 16.2. The number of carbonyl (C=O) groups is 2. The van der Waals surface area contributed by atoms with Crippen molar-refractivity contribution in [3.8, 4) is 0 Å². The topological polar surface area (TPSA) is 68.4 Å². The molecule has 3 heterocycles. The van der Waals surface area contributed by atoms with Crippen molar-refractivity contribution in [2.24, 2.45) is 5.92 Å². The summed E-state index contributed by atoms with van der Waals surface area (Å²) in [7, 11) is 2.19. The van der Waals surface area contributed by atoms with Crippen molar-refractivity contribution < 1.29 is 9.59 Å². The number of aromatic amines is 1. The number of likely N-dealkylation sites (tertiary alicyclic amines) is 1. The third kappa shape index (κ3) is 2.28. The Labute approximate surface area is 146 Å². The van der Waals surface area contributed by atoms with Crippen LogP contribution in [0.25, 0.3) is 10.9 Å². The highest BCUT2D eigenvalue weighted by molar-refractivity contribution is 6.01. The maximum atomic E-state index is 11.9. The average molecular weight is 338 g/mol. The van der Waals surface area contributed by atoms with Gasteiger partial charge in [-0.05, 0) is 43.0 Å². The largest absolute Gasteiger partial charge is 0.361 e. The lowest BCUT2D eigenvalue weighted by atomic mass is 9.72. The van der Waals surface area contributed by atoms with Crippen LogP contribution < -0.4 is 5.32 Å². The van der Waals surface area contributed by atoms with Crippen LogP contribution in [0, 0.1) is 5.92 Å². The number of urea groups is 1. The first-order valence-corrected chi connectivity index (χ1v) is 8.98. The van der Waals surface area contributed by atoms with E-state index in [-0.39, 0.29) is 18.5 Å². The van der Waals surface area contributed by atoms with Crippen LogP contribution in [-0.4, -0.2) is 59.4 Å². The van der Waals surface area contributed by atoms with Crippen LogP contribution in [0.15, 0.2) is 24.4 Å². The lowest BCUT2D eigenvalue weighted by molar-refractivity contribution is -0.118. The van der Waals surface area contributed by atoms with E-state index in [4.69, 9.17) is 0 Å². The van der Waals surface area contributed by atoms with Gasteiger partial charge in [0.15, 0.2) is 0 Å². The van der Waals surface area contributed by atoms with E-state index in [1.54, 1.807) is 4.90 Å². The Hall–Kier alpha value is -2.34. The van der Waals surface area contributed by atoms with Gasteiger partial charge >= 0.3 is 6.03 Å². The van der Waals surface area contributed by atoms with E-state index in [1.807, 2.05) is 0 Å². The van der Waals surface area contributed by atoms with Gasteiger partial charge in [-0.1, -0.05) is 12.1 Å². The standard InChI is InChI=1S/C19H22N4O2/c1-22-8-11(9-23-10-17(24)21-19(23)25)5-14-13-3-2-4-15-18(13)12(7-20-15)6-16(14)22/h2-4,7,11,14,16,20H,5-6,8-10H2,1H3,(H,21,24,25). The molecule has 1 aromatic heterocycles. The van der Waals surface area contributed by atoms with Crippen molar-refractivity contribution in [2.45, 2.75) is 24.8 Å². The Morgan fingerprint density at radius 2 is 2.16 bits per heavy atom. The lowest BCUT2D eigenvalue weighted by Gasteiger charge is -2.46. The molecule has 130 valence electrons. The number of amides is 3. The van der Waals surface area contributed by atoms with Gasteiger partial charge in [-0.2, -0.15) is 0 Å². The summed E-state index contributed by atoms with van der Waals surface area (Å²) in [5, 5.41) is 3.78. The van der Waals surface area contributed by atoms with E-state index in [0.29, 0.717) is 24.4 Å². The summed E-state index contributed by atoms with van der Waals surface area (Å²) in [6, 6.07) is 6.81. The van der Waals surface area contributed by atoms with Gasteiger partial charge in [0.2, 0.25) is 5.91 Å². The Balaban J connectivity index is 1.44. The first-order valence-electron chi connectivity index (χ1n) is 8.98. The smallest absolute Gasteiger partial charge is 0.324 e. The summed E-state index contributed by atoms with van der Waals surface area (Å²) < 4.78 is 0. The molecule has 2 fully saturated rings. The molecule has 3 aliphatic rings. The summed E-state index contributed by atoms with van der Waals surface area (Å²) in [5.74, 6) is 0.683. The molecule has 3 atom stereocenters. The molecule has 2 aromatic rings. The fraction of sp³-hybridized carbons (Fsp3) is 0.474. The van der Waals surface area contributed by atoms with Crippen molar-refractivity contribution in [1.82, 2.24) is 20.1 Å². The van der Waals surface area contributed by atoms with Gasteiger partial charge in [-0.25, -0.2) is 4.79 Å². The average Bonchev–Trinajstić information content (AvgIpc) is 3.13. The molecule has 6 nitrogen and oxygen atoms in total. The third-order valence-corrected chi connectivity index (χ3v) is 6.16. The number of piperidine rings is 1. The molecular weight excluding hydrogens is 316 g/mol. The Morgan fingerprint density at radius 1 is 1.28 bits per heavy atom. The zero-order valence-corrected chi connectivity index (χ0v) is 14.3. The minimum atomic E-state index is -0.242. The maximum absolute atomic E-state index is 11.9. The number of hydrogen-bond donors (Lipinski definition) is 2. The summed E-state index contributed by atoms with van der Waals surface area (Å²) >= 11 is 0. The molecule has 2 saturated heterocycles. The summed E-state index contributed by atoms with van der Waals surface area (Å²) in [6.07, 6.45) is 4.30. The van der Waals surface area contributed by atoms with Crippen molar-refractivity contribution in [1.29, 1.82) is 0 Å². The Bertz CT molecular complexity index is 873. The molecule has 2 aliphatic heterocycles. The second-order valence-corrected chi connectivity index (χ2v) is 7.74. The van der Waals surface area contributed by atoms with Gasteiger partial charge < -0.3 is 14.8 Å². The number of aromatic nitrogens is 1. The number of H-pyrrole nitrogens is 1. The number of fused-ring (bicyclic) bond motifs is 2. The van der Waals surface area contributed by atoms with Crippen LogP contribution in [0.2, 0.25) is 0 Å². The molecule has 3 amide bonds. The number of benzene rings is 1. The van der Waals surface area contributed by atoms with Crippen LogP contribution >= 0.6 is 0 Å². The van der Waals surface area contributed by atoms with Gasteiger partial charge in [-0.3, -0.25) is 10.1 Å². The molecule has 0 saturated carbocycles. The first kappa shape index (κ1) is 15.0. The molecule has 3 unspecified atom stereocenters. The summed E-state index contributed by atoms with van der Waals surface area (Å²) in [4.78, 5) is 30.8. The zero-order chi connectivity index (χ0) is 17.1. The lowest BCUT2D eigenvalue weighted by Crippen LogP contribution is -2.50. The Morgan fingerprint density at radius 3 is 2.96 bits per heavy atom. The molecule has 0 spiro atoms. The monoisotopic (exact) mass is 338 g/mol. The fourth-order valence-corrected chi connectivity index (χ4v) is 5.13. The number of likely N-dealkylation sites (N-methyl/N-ethyl adjacent to an activating group) is 1. The number of hydrogen-bond acceptors (Lipinski definition) is 3. The normalized spacial score (nSPS) is 29.2. The molecule has 25 heavy (non-hydrogen) atoms. The summed E-state index contributed by atoms with van der Waals surface area (Å²) in [6.45, 7) is 1.82. The quantitative estimate of drug-likeness (QED) is 0.819. The van der Waals surface area contributed by atoms with E-state index in [0.717, 1.165) is 19.4 Å². The van der Waals surface area contributed by atoms with Crippen molar-refractivity contribution in [3.63, 3.8) is 0 Å². The number of nitrogens with one attached hydrogen (secondary N) is 2. The van der Waals surface area contributed by atoms with Crippen LogP contribution in [0.4, 0.5) is 4.79 Å². The number of carbonyl (C=O) groups excluding carboxylic acids is 2. The zero-order valence-electron chi connectivity index (χ0n) is 14.3. The van der Waals surface area contributed by atoms with E-state index < -0.39 is 0 Å². The van der Waals surface area contributed by atoms with Gasteiger partial charge in [0.05, 0.1) is 0 Å². The Kier molecular flexibility index (Phi) is 3.19. The second-order valence-electron chi connectivity index (χ2n) is 7.74. The molecule has 2 N–H and O–H groups in total. The maximum Gasteiger partial charge on any atom is 0.324 e. The van der Waals surface area contributed by atoms with Gasteiger partial charge in [0.25, 0.3) is 0 Å². The molecule has 0 bridgehead atoms. The van der Waals surface area contributed by atoms with E-state index >= 15 is 0 Å². The predicted molar refractivity (Wildman–Crippen MR) is 94.4 cm³/mol. The molecule has 6 heteroatoms. The van der Waals surface area contributed by atoms with E-state index in [9.17, 15) is 9.59 Å². The predicted octanol–water partition coefficient (Wildman–Crippen LogP) is 1.68. The van der Waals surface area contributed by atoms with Crippen LogP contribution in [0.1, 0.15) is 23.5 Å². The molecular formula is C19H22N4O2. The molecule has 5 rings (SSSR count). The second kappa shape index (κ2) is 5.33. The van der Waals surface area contributed by atoms with Gasteiger partial charge in [0, 0.05) is 42.1 Å². The van der Waals surface area contributed by atoms with Crippen molar-refractivity contribution >= 4 is 22.8 Å². The van der Waals surface area contributed by atoms with Crippen LogP contribution in [-0.2, 0) is 11.2 Å². The van der Waals surface area contributed by atoms with E-state index in [1.165, 1.54) is 22.0 Å². The first-order chi connectivity index (χ1) is 12.1. The highest BCUT2D eigenvalue weighted by Crippen LogP contribution is 2.44. The molecule has 1 aromatic carbocycles. The van der Waals surface area contributed by atoms with Crippen molar-refractivity contribution in [3.05, 3.63) is 35.5 Å².